The van der Waals surface area contributed by atoms with Crippen LogP contribution >= 0.6 is 11.6 Å². The number of benzene rings is 1. The van der Waals surface area contributed by atoms with Gasteiger partial charge in [0, 0.05) is 23.9 Å². The number of rotatable bonds is 4. The van der Waals surface area contributed by atoms with E-state index in [9.17, 15) is 9.90 Å². The first-order valence-electron chi connectivity index (χ1n) is 5.99. The Morgan fingerprint density at radius 3 is 2.78 bits per heavy atom. The average Bonchev–Trinajstić information content (AvgIpc) is 2.37. The number of hydrogen-bond acceptors (Lipinski definition) is 3. The van der Waals surface area contributed by atoms with Gasteiger partial charge in [-0.25, -0.2) is 4.79 Å². The van der Waals surface area contributed by atoms with E-state index in [-0.39, 0.29) is 5.92 Å². The number of carboxylic acids is 1. The fourth-order valence-corrected chi connectivity index (χ4v) is 2.38. The van der Waals surface area contributed by atoms with Crippen molar-refractivity contribution in [3.05, 3.63) is 29.3 Å². The molecule has 1 heterocycles. The van der Waals surface area contributed by atoms with Gasteiger partial charge in [-0.3, -0.25) is 0 Å². The zero-order valence-electron chi connectivity index (χ0n) is 9.93. The van der Waals surface area contributed by atoms with Crippen molar-refractivity contribution in [2.45, 2.75) is 18.9 Å². The van der Waals surface area contributed by atoms with Gasteiger partial charge in [0.1, 0.15) is 6.04 Å². The van der Waals surface area contributed by atoms with Gasteiger partial charge in [-0.1, -0.05) is 17.7 Å². The summed E-state index contributed by atoms with van der Waals surface area (Å²) in [6.07, 6.45) is 1.54. The van der Waals surface area contributed by atoms with Gasteiger partial charge in [0.15, 0.2) is 0 Å². The Bertz CT molecular complexity index is 418. The van der Waals surface area contributed by atoms with E-state index in [0.29, 0.717) is 18.2 Å². The number of halogens is 1. The molecule has 0 amide bonds. The number of nitrogens with one attached hydrogen (secondary N) is 1. The van der Waals surface area contributed by atoms with Crippen LogP contribution in [0.4, 0.5) is 5.69 Å². The molecule has 4 nitrogen and oxygen atoms in total. The minimum Gasteiger partial charge on any atom is -0.480 e. The van der Waals surface area contributed by atoms with Gasteiger partial charge in [-0.05, 0) is 37.0 Å². The van der Waals surface area contributed by atoms with Gasteiger partial charge in [0.25, 0.3) is 0 Å². The van der Waals surface area contributed by atoms with Gasteiger partial charge in [-0.15, -0.1) is 0 Å². The largest absolute Gasteiger partial charge is 0.480 e. The van der Waals surface area contributed by atoms with E-state index in [2.05, 4.69) is 5.32 Å². The summed E-state index contributed by atoms with van der Waals surface area (Å²) < 4.78 is 5.26. The van der Waals surface area contributed by atoms with E-state index in [0.717, 1.165) is 18.5 Å². The zero-order valence-corrected chi connectivity index (χ0v) is 10.7. The molecule has 2 N–H and O–H groups in total. The van der Waals surface area contributed by atoms with Crippen LogP contribution in [0.5, 0.6) is 0 Å². The second kappa shape index (κ2) is 6.07. The summed E-state index contributed by atoms with van der Waals surface area (Å²) in [6, 6.07) is 6.52. The maximum absolute atomic E-state index is 11.4. The lowest BCUT2D eigenvalue weighted by Gasteiger charge is -2.28. The van der Waals surface area contributed by atoms with Gasteiger partial charge < -0.3 is 15.2 Å². The second-order valence-corrected chi connectivity index (χ2v) is 4.86. The number of anilines is 1. The highest BCUT2D eigenvalue weighted by molar-refractivity contribution is 6.30. The Hall–Kier alpha value is -1.26. The number of aliphatic carboxylic acids is 1. The third kappa shape index (κ3) is 3.37. The van der Waals surface area contributed by atoms with Crippen molar-refractivity contribution < 1.29 is 14.6 Å². The molecule has 2 rings (SSSR count). The molecule has 18 heavy (non-hydrogen) atoms. The number of ether oxygens (including phenoxy) is 1. The molecular weight excluding hydrogens is 254 g/mol. The predicted molar refractivity (Wildman–Crippen MR) is 70.0 cm³/mol. The molecule has 0 aromatic heterocycles. The first-order valence-corrected chi connectivity index (χ1v) is 6.37. The Balaban J connectivity index is 2.08. The number of hydrogen-bond donors (Lipinski definition) is 2. The maximum atomic E-state index is 11.4. The van der Waals surface area contributed by atoms with Crippen molar-refractivity contribution in [3.63, 3.8) is 0 Å². The molecule has 1 atom stereocenters. The Labute approximate surface area is 111 Å². The van der Waals surface area contributed by atoms with Crippen LogP contribution in [0.1, 0.15) is 12.8 Å². The van der Waals surface area contributed by atoms with E-state index in [1.54, 1.807) is 18.2 Å². The van der Waals surface area contributed by atoms with E-state index in [1.807, 2.05) is 6.07 Å². The fourth-order valence-electron chi connectivity index (χ4n) is 2.19. The first kappa shape index (κ1) is 13.2. The Kier molecular flexibility index (Phi) is 4.44. The molecule has 0 saturated carbocycles. The Morgan fingerprint density at radius 2 is 2.17 bits per heavy atom. The molecule has 1 aliphatic heterocycles. The molecule has 1 fully saturated rings. The van der Waals surface area contributed by atoms with E-state index >= 15 is 0 Å². The summed E-state index contributed by atoms with van der Waals surface area (Å²) in [6.45, 7) is 1.26. The van der Waals surface area contributed by atoms with Crippen molar-refractivity contribution in [1.29, 1.82) is 0 Å². The minimum absolute atomic E-state index is 0.0928. The molecule has 5 heteroatoms. The Morgan fingerprint density at radius 1 is 1.44 bits per heavy atom. The molecular formula is C13H16ClNO3. The van der Waals surface area contributed by atoms with Crippen molar-refractivity contribution in [3.8, 4) is 0 Å². The van der Waals surface area contributed by atoms with Gasteiger partial charge >= 0.3 is 5.97 Å². The van der Waals surface area contributed by atoms with Gasteiger partial charge in [-0.2, -0.15) is 0 Å². The smallest absolute Gasteiger partial charge is 0.326 e. The summed E-state index contributed by atoms with van der Waals surface area (Å²) >= 11 is 5.89. The highest BCUT2D eigenvalue weighted by Gasteiger charge is 2.29. The molecule has 1 unspecified atom stereocenters. The maximum Gasteiger partial charge on any atom is 0.326 e. The minimum atomic E-state index is -0.832. The van der Waals surface area contributed by atoms with Crippen molar-refractivity contribution >= 4 is 23.3 Å². The topological polar surface area (TPSA) is 58.6 Å². The molecule has 1 aromatic rings. The summed E-state index contributed by atoms with van der Waals surface area (Å²) in [5.41, 5.74) is 0.737. The van der Waals surface area contributed by atoms with Crippen molar-refractivity contribution in [2.24, 2.45) is 5.92 Å². The lowest BCUT2D eigenvalue weighted by molar-refractivity contribution is -0.140. The molecule has 1 aliphatic rings. The molecule has 1 saturated heterocycles. The van der Waals surface area contributed by atoms with Crippen LogP contribution in [0.2, 0.25) is 5.02 Å². The average molecular weight is 270 g/mol. The highest BCUT2D eigenvalue weighted by atomic mass is 35.5. The molecule has 0 spiro atoms. The van der Waals surface area contributed by atoms with Crippen LogP contribution in [0.3, 0.4) is 0 Å². The number of carbonyl (C=O) groups is 1. The summed E-state index contributed by atoms with van der Waals surface area (Å²) in [5.74, 6) is -0.739. The van der Waals surface area contributed by atoms with Crippen LogP contribution in [0.15, 0.2) is 24.3 Å². The molecule has 0 bridgehead atoms. The zero-order chi connectivity index (χ0) is 13.0. The monoisotopic (exact) mass is 269 g/mol. The third-order valence-electron chi connectivity index (χ3n) is 3.15. The summed E-state index contributed by atoms with van der Waals surface area (Å²) in [4.78, 5) is 11.4. The van der Waals surface area contributed by atoms with E-state index in [4.69, 9.17) is 16.3 Å². The van der Waals surface area contributed by atoms with Crippen LogP contribution in [-0.4, -0.2) is 30.3 Å². The fraction of sp³-hybridized carbons (Fsp3) is 0.462. The van der Waals surface area contributed by atoms with Crippen molar-refractivity contribution in [2.75, 3.05) is 18.5 Å². The van der Waals surface area contributed by atoms with Gasteiger partial charge in [0.05, 0.1) is 0 Å². The van der Waals surface area contributed by atoms with Crippen molar-refractivity contribution in [1.82, 2.24) is 0 Å². The quantitative estimate of drug-likeness (QED) is 0.882. The lowest BCUT2D eigenvalue weighted by atomic mass is 9.91. The molecule has 0 radical (unpaired) electrons. The highest BCUT2D eigenvalue weighted by Crippen LogP contribution is 2.23. The molecule has 1 aromatic carbocycles. The summed E-state index contributed by atoms with van der Waals surface area (Å²) in [7, 11) is 0. The van der Waals surface area contributed by atoms with E-state index in [1.165, 1.54) is 0 Å². The van der Waals surface area contributed by atoms with Crippen LogP contribution < -0.4 is 5.32 Å². The number of carboxylic acid groups (broad SMARTS) is 1. The second-order valence-electron chi connectivity index (χ2n) is 4.42. The first-order chi connectivity index (χ1) is 8.66. The van der Waals surface area contributed by atoms with Crippen LogP contribution in [0, 0.1) is 5.92 Å². The van der Waals surface area contributed by atoms with E-state index < -0.39 is 12.0 Å². The normalized spacial score (nSPS) is 18.3. The third-order valence-corrected chi connectivity index (χ3v) is 3.39. The van der Waals surface area contributed by atoms with Crippen LogP contribution in [0.25, 0.3) is 0 Å². The SMILES string of the molecule is O=C(O)C(Nc1cccc(Cl)c1)C1CCOCC1. The lowest BCUT2D eigenvalue weighted by Crippen LogP contribution is -2.39. The molecule has 98 valence electrons. The molecule has 0 aliphatic carbocycles. The standard InChI is InChI=1S/C13H16ClNO3/c14-10-2-1-3-11(8-10)15-12(13(16)17)9-4-6-18-7-5-9/h1-3,8-9,12,15H,4-7H2,(H,16,17). The summed E-state index contributed by atoms with van der Waals surface area (Å²) in [5, 5.41) is 13.0. The van der Waals surface area contributed by atoms with Gasteiger partial charge in [0.2, 0.25) is 0 Å². The predicted octanol–water partition coefficient (Wildman–Crippen LogP) is 2.63. The van der Waals surface area contributed by atoms with Crippen LogP contribution in [-0.2, 0) is 9.53 Å².